The Morgan fingerprint density at radius 1 is 1.17 bits per heavy atom. The highest BCUT2D eigenvalue weighted by atomic mass is 32.2. The lowest BCUT2D eigenvalue weighted by atomic mass is 10.0. The Kier molecular flexibility index (Phi) is 5.84. The van der Waals surface area contributed by atoms with Crippen LogP contribution in [0.3, 0.4) is 0 Å². The fraction of sp³-hybridized carbons (Fsp3) is 0.190. The van der Waals surface area contributed by atoms with Gasteiger partial charge < -0.3 is 14.8 Å². The number of benzene rings is 2. The summed E-state index contributed by atoms with van der Waals surface area (Å²) < 4.78 is 51.5. The first kappa shape index (κ1) is 21.4. The molecular weight excluding hydrogens is 411 g/mol. The van der Waals surface area contributed by atoms with Crippen LogP contribution >= 0.6 is 0 Å². The molecule has 0 spiro atoms. The minimum absolute atomic E-state index is 0.0502. The van der Waals surface area contributed by atoms with E-state index < -0.39 is 26.7 Å². The van der Waals surface area contributed by atoms with Gasteiger partial charge in [0.1, 0.15) is 5.82 Å². The van der Waals surface area contributed by atoms with Gasteiger partial charge in [-0.25, -0.2) is 12.8 Å². The molecule has 0 radical (unpaired) electrons. The maximum atomic E-state index is 13.3. The van der Waals surface area contributed by atoms with Crippen LogP contribution in [0.25, 0.3) is 5.57 Å². The number of hydrogen-bond donors (Lipinski definition) is 1. The van der Waals surface area contributed by atoms with Crippen LogP contribution in [0.5, 0.6) is 11.5 Å². The minimum atomic E-state index is -4.20. The van der Waals surface area contributed by atoms with Crippen LogP contribution in [0.15, 0.2) is 54.0 Å². The third-order valence-electron chi connectivity index (χ3n) is 4.67. The van der Waals surface area contributed by atoms with Gasteiger partial charge in [0, 0.05) is 17.3 Å². The molecule has 30 heavy (non-hydrogen) atoms. The Morgan fingerprint density at radius 2 is 1.77 bits per heavy atom. The molecule has 2 aromatic carbocycles. The van der Waals surface area contributed by atoms with Gasteiger partial charge in [-0.1, -0.05) is 6.08 Å². The molecule has 2 aromatic rings. The van der Waals surface area contributed by atoms with Gasteiger partial charge in [-0.05, 0) is 42.8 Å². The number of sulfonamides is 1. The largest absolute Gasteiger partial charge is 0.493 e. The number of ether oxygens (including phenoxy) is 2. The van der Waals surface area contributed by atoms with Crippen molar-refractivity contribution >= 4 is 32.9 Å². The number of hydrogen-bond acceptors (Lipinski definition) is 5. The first-order chi connectivity index (χ1) is 14.2. The zero-order chi connectivity index (χ0) is 22.1. The van der Waals surface area contributed by atoms with Crippen molar-refractivity contribution in [3.8, 4) is 11.5 Å². The molecule has 0 aromatic heterocycles. The summed E-state index contributed by atoms with van der Waals surface area (Å²) in [5.74, 6) is -0.548. The topological polar surface area (TPSA) is 84.9 Å². The number of methoxy groups -OCH3 is 2. The number of allylic oxidation sites excluding steroid dienone is 1. The van der Waals surface area contributed by atoms with Gasteiger partial charge in [0.25, 0.3) is 15.9 Å². The predicted octanol–water partition coefficient (Wildman–Crippen LogP) is 3.55. The second-order valence-electron chi connectivity index (χ2n) is 6.46. The van der Waals surface area contributed by atoms with E-state index in [1.54, 1.807) is 19.1 Å². The third kappa shape index (κ3) is 3.63. The molecule has 0 aliphatic carbocycles. The van der Waals surface area contributed by atoms with Crippen LogP contribution in [-0.2, 0) is 14.8 Å². The van der Waals surface area contributed by atoms with Crippen LogP contribution in [0.2, 0.25) is 0 Å². The van der Waals surface area contributed by atoms with E-state index in [9.17, 15) is 17.6 Å². The lowest BCUT2D eigenvalue weighted by molar-refractivity contribution is -0.112. The SMILES string of the molecule is C=CCN1c2cc(OC)c(OC)cc2C(C)=C(C(=O)Nc2ccc(F)cc2)S1(=O)=O. The second-order valence-corrected chi connectivity index (χ2v) is 8.26. The van der Waals surface area contributed by atoms with Crippen molar-refractivity contribution in [1.82, 2.24) is 0 Å². The number of carbonyl (C=O) groups excluding carboxylic acids is 1. The zero-order valence-electron chi connectivity index (χ0n) is 16.7. The predicted molar refractivity (Wildman–Crippen MR) is 114 cm³/mol. The van der Waals surface area contributed by atoms with Gasteiger partial charge in [0.2, 0.25) is 0 Å². The van der Waals surface area contributed by atoms with Crippen molar-refractivity contribution in [1.29, 1.82) is 0 Å². The van der Waals surface area contributed by atoms with Crippen LogP contribution in [0.4, 0.5) is 15.8 Å². The number of anilines is 2. The standard InChI is InChI=1S/C21H21FN2O5S/c1-5-10-24-17-12-19(29-4)18(28-3)11-16(17)13(2)20(30(24,26)27)21(25)23-15-8-6-14(22)7-9-15/h5-9,11-12H,1,10H2,2-4H3,(H,23,25). The minimum Gasteiger partial charge on any atom is -0.493 e. The molecule has 0 fully saturated rings. The highest BCUT2D eigenvalue weighted by Crippen LogP contribution is 2.45. The number of halogens is 1. The summed E-state index contributed by atoms with van der Waals surface area (Å²) in [5.41, 5.74) is 1.38. The Hall–Kier alpha value is -3.33. The maximum absolute atomic E-state index is 13.3. The van der Waals surface area contributed by atoms with Crippen LogP contribution in [-0.4, -0.2) is 35.1 Å². The van der Waals surface area contributed by atoms with Crippen molar-refractivity contribution in [3.05, 3.63) is 65.3 Å². The number of carbonyl (C=O) groups is 1. The molecule has 158 valence electrons. The second kappa shape index (κ2) is 8.19. The lowest BCUT2D eigenvalue weighted by Gasteiger charge is -2.32. The molecule has 0 unspecified atom stereocenters. The fourth-order valence-corrected chi connectivity index (χ4v) is 4.97. The van der Waals surface area contributed by atoms with Gasteiger partial charge in [-0.15, -0.1) is 6.58 Å². The third-order valence-corrected chi connectivity index (χ3v) is 6.60. The number of nitrogens with one attached hydrogen (secondary N) is 1. The first-order valence-electron chi connectivity index (χ1n) is 8.92. The van der Waals surface area contributed by atoms with E-state index in [4.69, 9.17) is 9.47 Å². The molecule has 0 saturated heterocycles. The van der Waals surface area contributed by atoms with E-state index in [1.165, 1.54) is 44.6 Å². The van der Waals surface area contributed by atoms with Gasteiger partial charge in [-0.3, -0.25) is 9.10 Å². The van der Waals surface area contributed by atoms with Crippen molar-refractivity contribution in [2.24, 2.45) is 0 Å². The summed E-state index contributed by atoms with van der Waals surface area (Å²) in [5, 5.41) is 2.52. The van der Waals surface area contributed by atoms with Gasteiger partial charge in [-0.2, -0.15) is 0 Å². The van der Waals surface area contributed by atoms with E-state index >= 15 is 0 Å². The first-order valence-corrected chi connectivity index (χ1v) is 10.4. The monoisotopic (exact) mass is 432 g/mol. The summed E-state index contributed by atoms with van der Waals surface area (Å²) in [7, 11) is -1.29. The molecule has 7 nitrogen and oxygen atoms in total. The molecule has 9 heteroatoms. The van der Waals surface area contributed by atoms with E-state index in [-0.39, 0.29) is 17.8 Å². The van der Waals surface area contributed by atoms with Gasteiger partial charge >= 0.3 is 0 Å². The number of amides is 1. The summed E-state index contributed by atoms with van der Waals surface area (Å²) in [6.07, 6.45) is 1.42. The Bertz CT molecular complexity index is 1140. The normalized spacial score (nSPS) is 14.7. The molecule has 1 aliphatic heterocycles. The van der Waals surface area contributed by atoms with Crippen LogP contribution in [0.1, 0.15) is 12.5 Å². The molecule has 1 amide bonds. The van der Waals surface area contributed by atoms with E-state index in [1.807, 2.05) is 0 Å². The highest BCUT2D eigenvalue weighted by Gasteiger charge is 2.39. The average molecular weight is 432 g/mol. The molecule has 0 atom stereocenters. The Labute approximate surface area is 174 Å². The molecule has 1 N–H and O–H groups in total. The van der Waals surface area contributed by atoms with E-state index in [0.717, 1.165) is 4.31 Å². The molecule has 1 aliphatic rings. The molecule has 0 bridgehead atoms. The number of fused-ring (bicyclic) bond motifs is 1. The average Bonchev–Trinajstić information content (AvgIpc) is 2.71. The van der Waals surface area contributed by atoms with Crippen molar-refractivity contribution in [2.45, 2.75) is 6.92 Å². The zero-order valence-corrected chi connectivity index (χ0v) is 17.5. The van der Waals surface area contributed by atoms with Crippen molar-refractivity contribution < 1.29 is 27.1 Å². The van der Waals surface area contributed by atoms with Crippen LogP contribution in [0, 0.1) is 5.82 Å². The molecular formula is C21H21FN2O5S. The van der Waals surface area contributed by atoms with E-state index in [2.05, 4.69) is 11.9 Å². The highest BCUT2D eigenvalue weighted by molar-refractivity contribution is 7.97. The van der Waals surface area contributed by atoms with Crippen LogP contribution < -0.4 is 19.1 Å². The summed E-state index contributed by atoms with van der Waals surface area (Å²) >= 11 is 0. The smallest absolute Gasteiger partial charge is 0.270 e. The Balaban J connectivity index is 2.19. The fourth-order valence-electron chi connectivity index (χ4n) is 3.25. The summed E-state index contributed by atoms with van der Waals surface area (Å²) in [4.78, 5) is 12.6. The van der Waals surface area contributed by atoms with E-state index in [0.29, 0.717) is 22.7 Å². The summed E-state index contributed by atoms with van der Waals surface area (Å²) in [6, 6.07) is 8.21. The number of rotatable bonds is 6. The quantitative estimate of drug-likeness (QED) is 0.706. The molecule has 1 heterocycles. The van der Waals surface area contributed by atoms with Crippen molar-refractivity contribution in [2.75, 3.05) is 30.4 Å². The Morgan fingerprint density at radius 3 is 2.33 bits per heavy atom. The molecule has 0 saturated carbocycles. The lowest BCUT2D eigenvalue weighted by Crippen LogP contribution is -2.39. The molecule has 3 rings (SSSR count). The van der Waals surface area contributed by atoms with Gasteiger partial charge in [0.15, 0.2) is 16.4 Å². The van der Waals surface area contributed by atoms with Gasteiger partial charge in [0.05, 0.1) is 26.5 Å². The summed E-state index contributed by atoms with van der Waals surface area (Å²) in [6.45, 7) is 5.12. The van der Waals surface area contributed by atoms with Crippen molar-refractivity contribution in [3.63, 3.8) is 0 Å². The number of nitrogens with zero attached hydrogens (tertiary/aromatic N) is 1. The maximum Gasteiger partial charge on any atom is 0.270 e.